The first-order valence-electron chi connectivity index (χ1n) is 6.66. The first-order valence-corrected chi connectivity index (χ1v) is 6.66. The van der Waals surface area contributed by atoms with E-state index in [0.717, 1.165) is 19.1 Å². The Bertz CT molecular complexity index is 143. The van der Waals surface area contributed by atoms with Crippen LogP contribution < -0.4 is 5.73 Å². The van der Waals surface area contributed by atoms with E-state index in [1.165, 1.54) is 51.4 Å². The molecule has 1 fully saturated rings. The molecule has 2 unspecified atom stereocenters. The van der Waals surface area contributed by atoms with Crippen molar-refractivity contribution < 1.29 is 4.74 Å². The Labute approximate surface area is 94.6 Å². The molecule has 0 aromatic rings. The predicted octanol–water partition coefficient (Wildman–Crippen LogP) is 3.10. The van der Waals surface area contributed by atoms with Gasteiger partial charge in [-0.15, -0.1) is 0 Å². The predicted molar refractivity (Wildman–Crippen MR) is 64.9 cm³/mol. The molecular weight excluding hydrogens is 186 g/mol. The van der Waals surface area contributed by atoms with E-state index in [4.69, 9.17) is 10.5 Å². The SMILES string of the molecule is CCCCCCCC(N)CC1CCOC1. The molecule has 2 nitrogen and oxygen atoms in total. The zero-order valence-electron chi connectivity index (χ0n) is 10.2. The molecule has 1 aliphatic heterocycles. The maximum Gasteiger partial charge on any atom is 0.0495 e. The van der Waals surface area contributed by atoms with Gasteiger partial charge in [0.25, 0.3) is 0 Å². The summed E-state index contributed by atoms with van der Waals surface area (Å²) in [6.45, 7) is 4.16. The highest BCUT2D eigenvalue weighted by Crippen LogP contribution is 2.19. The first-order chi connectivity index (χ1) is 7.33. The van der Waals surface area contributed by atoms with Crippen molar-refractivity contribution in [3.05, 3.63) is 0 Å². The Morgan fingerprint density at radius 1 is 1.27 bits per heavy atom. The highest BCUT2D eigenvalue weighted by atomic mass is 16.5. The van der Waals surface area contributed by atoms with Crippen LogP contribution in [0.4, 0.5) is 0 Å². The molecule has 1 heterocycles. The summed E-state index contributed by atoms with van der Waals surface area (Å²) in [6.07, 6.45) is 10.4. The number of hydrogen-bond acceptors (Lipinski definition) is 2. The number of nitrogens with two attached hydrogens (primary N) is 1. The van der Waals surface area contributed by atoms with Crippen LogP contribution in [-0.4, -0.2) is 19.3 Å². The van der Waals surface area contributed by atoms with E-state index < -0.39 is 0 Å². The van der Waals surface area contributed by atoms with Crippen LogP contribution in [-0.2, 0) is 4.74 Å². The minimum Gasteiger partial charge on any atom is -0.381 e. The third-order valence-corrected chi connectivity index (χ3v) is 3.34. The minimum absolute atomic E-state index is 0.415. The molecule has 0 aliphatic carbocycles. The van der Waals surface area contributed by atoms with Gasteiger partial charge in [-0.05, 0) is 25.2 Å². The Hall–Kier alpha value is -0.0800. The Morgan fingerprint density at radius 3 is 2.73 bits per heavy atom. The van der Waals surface area contributed by atoms with Crippen molar-refractivity contribution >= 4 is 0 Å². The van der Waals surface area contributed by atoms with Crippen molar-refractivity contribution in [1.29, 1.82) is 0 Å². The lowest BCUT2D eigenvalue weighted by Crippen LogP contribution is -2.23. The molecule has 2 N–H and O–H groups in total. The van der Waals surface area contributed by atoms with Gasteiger partial charge in [0.2, 0.25) is 0 Å². The standard InChI is InChI=1S/C13H27NO/c1-2-3-4-5-6-7-13(14)10-12-8-9-15-11-12/h12-13H,2-11,14H2,1H3. The topological polar surface area (TPSA) is 35.2 Å². The third kappa shape index (κ3) is 6.16. The second-order valence-corrected chi connectivity index (χ2v) is 4.93. The zero-order valence-corrected chi connectivity index (χ0v) is 10.2. The lowest BCUT2D eigenvalue weighted by atomic mass is 9.96. The monoisotopic (exact) mass is 213 g/mol. The highest BCUT2D eigenvalue weighted by Gasteiger charge is 2.18. The van der Waals surface area contributed by atoms with Crippen LogP contribution in [0.25, 0.3) is 0 Å². The molecule has 0 radical (unpaired) electrons. The van der Waals surface area contributed by atoms with Crippen LogP contribution in [0.1, 0.15) is 58.3 Å². The quantitative estimate of drug-likeness (QED) is 0.629. The fourth-order valence-electron chi connectivity index (χ4n) is 2.33. The summed E-state index contributed by atoms with van der Waals surface area (Å²) in [5.41, 5.74) is 6.11. The fourth-order valence-corrected chi connectivity index (χ4v) is 2.33. The number of hydrogen-bond donors (Lipinski definition) is 1. The molecular formula is C13H27NO. The summed E-state index contributed by atoms with van der Waals surface area (Å²) < 4.78 is 5.36. The van der Waals surface area contributed by atoms with Gasteiger partial charge >= 0.3 is 0 Å². The van der Waals surface area contributed by atoms with E-state index in [1.807, 2.05) is 0 Å². The number of rotatable bonds is 8. The summed E-state index contributed by atoms with van der Waals surface area (Å²) >= 11 is 0. The van der Waals surface area contributed by atoms with Gasteiger partial charge < -0.3 is 10.5 Å². The van der Waals surface area contributed by atoms with E-state index in [1.54, 1.807) is 0 Å². The largest absolute Gasteiger partial charge is 0.381 e. The van der Waals surface area contributed by atoms with Crippen LogP contribution in [0.5, 0.6) is 0 Å². The second kappa shape index (κ2) is 8.12. The summed E-state index contributed by atoms with van der Waals surface area (Å²) in [4.78, 5) is 0. The average molecular weight is 213 g/mol. The lowest BCUT2D eigenvalue weighted by Gasteiger charge is -2.14. The lowest BCUT2D eigenvalue weighted by molar-refractivity contribution is 0.182. The summed E-state index contributed by atoms with van der Waals surface area (Å²) in [6, 6.07) is 0.415. The molecule has 0 aromatic heterocycles. The maximum absolute atomic E-state index is 6.11. The highest BCUT2D eigenvalue weighted by molar-refractivity contribution is 4.71. The molecule has 0 saturated carbocycles. The summed E-state index contributed by atoms with van der Waals surface area (Å²) in [5.74, 6) is 0.746. The van der Waals surface area contributed by atoms with Crippen molar-refractivity contribution in [1.82, 2.24) is 0 Å². The molecule has 0 bridgehead atoms. The molecule has 90 valence electrons. The van der Waals surface area contributed by atoms with Gasteiger partial charge in [0.05, 0.1) is 0 Å². The molecule has 0 spiro atoms. The van der Waals surface area contributed by atoms with E-state index in [2.05, 4.69) is 6.92 Å². The Kier molecular flexibility index (Phi) is 7.03. The molecule has 0 aromatic carbocycles. The summed E-state index contributed by atoms with van der Waals surface area (Å²) in [7, 11) is 0. The fraction of sp³-hybridized carbons (Fsp3) is 1.00. The minimum atomic E-state index is 0.415. The molecule has 15 heavy (non-hydrogen) atoms. The van der Waals surface area contributed by atoms with Crippen molar-refractivity contribution in [3.63, 3.8) is 0 Å². The second-order valence-electron chi connectivity index (χ2n) is 4.93. The zero-order chi connectivity index (χ0) is 10.9. The summed E-state index contributed by atoms with van der Waals surface area (Å²) in [5, 5.41) is 0. The van der Waals surface area contributed by atoms with Crippen LogP contribution in [0.15, 0.2) is 0 Å². The van der Waals surface area contributed by atoms with Gasteiger partial charge in [-0.2, -0.15) is 0 Å². The van der Waals surface area contributed by atoms with Crippen molar-refractivity contribution in [2.45, 2.75) is 64.3 Å². The van der Waals surface area contributed by atoms with E-state index in [0.29, 0.717) is 6.04 Å². The molecule has 1 aliphatic rings. The van der Waals surface area contributed by atoms with E-state index in [9.17, 15) is 0 Å². The van der Waals surface area contributed by atoms with E-state index >= 15 is 0 Å². The van der Waals surface area contributed by atoms with Gasteiger partial charge in [-0.3, -0.25) is 0 Å². The number of ether oxygens (including phenoxy) is 1. The molecule has 0 amide bonds. The van der Waals surface area contributed by atoms with Crippen LogP contribution in [0, 0.1) is 5.92 Å². The van der Waals surface area contributed by atoms with Crippen molar-refractivity contribution in [3.8, 4) is 0 Å². The van der Waals surface area contributed by atoms with Gasteiger partial charge in [0.15, 0.2) is 0 Å². The maximum atomic E-state index is 6.11. The smallest absolute Gasteiger partial charge is 0.0495 e. The molecule has 2 heteroatoms. The Balaban J connectivity index is 1.91. The number of unbranched alkanes of at least 4 members (excludes halogenated alkanes) is 4. The van der Waals surface area contributed by atoms with Gasteiger partial charge in [-0.1, -0.05) is 39.0 Å². The Morgan fingerprint density at radius 2 is 2.07 bits per heavy atom. The van der Waals surface area contributed by atoms with E-state index in [-0.39, 0.29) is 0 Å². The third-order valence-electron chi connectivity index (χ3n) is 3.34. The van der Waals surface area contributed by atoms with Crippen molar-refractivity contribution in [2.75, 3.05) is 13.2 Å². The van der Waals surface area contributed by atoms with Gasteiger partial charge in [-0.25, -0.2) is 0 Å². The molecule has 1 rings (SSSR count). The molecule has 1 saturated heterocycles. The first kappa shape index (κ1) is 13.0. The normalized spacial score (nSPS) is 23.2. The molecule has 2 atom stereocenters. The van der Waals surface area contributed by atoms with Gasteiger partial charge in [0.1, 0.15) is 0 Å². The van der Waals surface area contributed by atoms with Crippen molar-refractivity contribution in [2.24, 2.45) is 11.7 Å². The van der Waals surface area contributed by atoms with Crippen LogP contribution in [0.2, 0.25) is 0 Å². The van der Waals surface area contributed by atoms with Crippen LogP contribution >= 0.6 is 0 Å². The van der Waals surface area contributed by atoms with Gasteiger partial charge in [0, 0.05) is 19.3 Å². The average Bonchev–Trinajstić information content (AvgIpc) is 2.70. The van der Waals surface area contributed by atoms with Crippen LogP contribution in [0.3, 0.4) is 0 Å².